The molecule has 0 aliphatic heterocycles. The molecule has 0 aliphatic carbocycles. The number of nitrogens with two attached hydrogens (primary N) is 1. The van der Waals surface area contributed by atoms with E-state index in [-0.39, 0.29) is 0 Å². The zero-order valence-electron chi connectivity index (χ0n) is 11.1. The summed E-state index contributed by atoms with van der Waals surface area (Å²) in [5.41, 5.74) is 7.89. The highest BCUT2D eigenvalue weighted by Crippen LogP contribution is 2.21. The molecule has 0 atom stereocenters. The van der Waals surface area contributed by atoms with Gasteiger partial charge in [-0.15, -0.1) is 0 Å². The van der Waals surface area contributed by atoms with Gasteiger partial charge >= 0.3 is 0 Å². The Kier molecular flexibility index (Phi) is 5.98. The quantitative estimate of drug-likeness (QED) is 0.595. The van der Waals surface area contributed by atoms with Gasteiger partial charge in [-0.05, 0) is 30.9 Å². The summed E-state index contributed by atoms with van der Waals surface area (Å²) in [5, 5.41) is 0. The van der Waals surface area contributed by atoms with E-state index < -0.39 is 5.91 Å². The van der Waals surface area contributed by atoms with E-state index in [9.17, 15) is 4.79 Å². The normalized spacial score (nSPS) is 11.3. The van der Waals surface area contributed by atoms with Crippen LogP contribution in [-0.4, -0.2) is 12.5 Å². The number of amides is 1. The predicted octanol–water partition coefficient (Wildman–Crippen LogP) is 2.89. The Bertz CT molecular complexity index is 424. The molecule has 1 aromatic carbocycles. The van der Waals surface area contributed by atoms with Gasteiger partial charge in [0.2, 0.25) is 0 Å². The minimum atomic E-state index is -0.451. The first kappa shape index (κ1) is 14.3. The molecule has 0 aromatic heterocycles. The summed E-state index contributed by atoms with van der Waals surface area (Å²) in [4.78, 5) is 11.5. The van der Waals surface area contributed by atoms with Crippen molar-refractivity contribution in [2.45, 2.75) is 33.1 Å². The van der Waals surface area contributed by atoms with Crippen LogP contribution in [0.4, 0.5) is 0 Å². The van der Waals surface area contributed by atoms with Crippen LogP contribution in [0.15, 0.2) is 30.5 Å². The number of aryl methyl sites for hydroxylation is 1. The predicted molar refractivity (Wildman–Crippen MR) is 73.9 cm³/mol. The van der Waals surface area contributed by atoms with E-state index in [4.69, 9.17) is 10.5 Å². The van der Waals surface area contributed by atoms with E-state index >= 15 is 0 Å². The van der Waals surface area contributed by atoms with Gasteiger partial charge in [-0.2, -0.15) is 0 Å². The van der Waals surface area contributed by atoms with Gasteiger partial charge in [0.05, 0.1) is 18.4 Å². The fourth-order valence-corrected chi connectivity index (χ4v) is 1.79. The highest BCUT2D eigenvalue weighted by molar-refractivity contribution is 6.18. The van der Waals surface area contributed by atoms with Crippen LogP contribution < -0.4 is 5.73 Å². The van der Waals surface area contributed by atoms with E-state index in [1.807, 2.05) is 31.2 Å². The summed E-state index contributed by atoms with van der Waals surface area (Å²) in [6, 6.07) is 7.84. The smallest absolute Gasteiger partial charge is 0.252 e. The molecule has 0 bridgehead atoms. The highest BCUT2D eigenvalue weighted by atomic mass is 16.5. The molecular weight excluding hydrogens is 226 g/mol. The van der Waals surface area contributed by atoms with Crippen LogP contribution >= 0.6 is 0 Å². The molecule has 3 heteroatoms. The number of hydrogen-bond donors (Lipinski definition) is 1. The molecule has 98 valence electrons. The molecule has 0 aliphatic rings. The van der Waals surface area contributed by atoms with Crippen molar-refractivity contribution in [3.05, 3.63) is 41.7 Å². The number of primary amides is 1. The summed E-state index contributed by atoms with van der Waals surface area (Å²) in [6.45, 7) is 4.54. The molecule has 1 aromatic rings. The first-order valence-electron chi connectivity index (χ1n) is 6.40. The fourth-order valence-electron chi connectivity index (χ4n) is 1.79. The van der Waals surface area contributed by atoms with Crippen LogP contribution in [-0.2, 0) is 16.0 Å². The minimum Gasteiger partial charge on any atom is -0.501 e. The first-order chi connectivity index (χ1) is 8.70. The maximum absolute atomic E-state index is 11.5. The third kappa shape index (κ3) is 3.91. The summed E-state index contributed by atoms with van der Waals surface area (Å²) in [6.07, 6.45) is 4.63. The number of ether oxygens (including phenoxy) is 1. The molecule has 1 rings (SSSR count). The maximum atomic E-state index is 11.5. The van der Waals surface area contributed by atoms with Crippen LogP contribution in [0.25, 0.3) is 5.57 Å². The molecule has 0 unspecified atom stereocenters. The average Bonchev–Trinajstić information content (AvgIpc) is 2.37. The lowest BCUT2D eigenvalue weighted by atomic mass is 9.96. The molecule has 3 nitrogen and oxygen atoms in total. The minimum absolute atomic E-state index is 0.448. The zero-order chi connectivity index (χ0) is 13.4. The van der Waals surface area contributed by atoms with Crippen molar-refractivity contribution >= 4 is 11.5 Å². The lowest BCUT2D eigenvalue weighted by molar-refractivity contribution is -0.112. The van der Waals surface area contributed by atoms with Gasteiger partial charge in [-0.3, -0.25) is 4.79 Å². The summed E-state index contributed by atoms with van der Waals surface area (Å²) in [7, 11) is 0. The van der Waals surface area contributed by atoms with Crippen molar-refractivity contribution in [1.82, 2.24) is 0 Å². The largest absolute Gasteiger partial charge is 0.501 e. The van der Waals surface area contributed by atoms with E-state index in [0.29, 0.717) is 12.2 Å². The van der Waals surface area contributed by atoms with Crippen LogP contribution in [0.1, 0.15) is 37.8 Å². The third-order valence-electron chi connectivity index (χ3n) is 2.74. The average molecular weight is 247 g/mol. The van der Waals surface area contributed by atoms with Crippen molar-refractivity contribution in [3.63, 3.8) is 0 Å². The molecule has 2 N–H and O–H groups in total. The lowest BCUT2D eigenvalue weighted by Gasteiger charge is -2.10. The van der Waals surface area contributed by atoms with Gasteiger partial charge in [-0.25, -0.2) is 0 Å². The van der Waals surface area contributed by atoms with Crippen molar-refractivity contribution in [2.75, 3.05) is 6.61 Å². The lowest BCUT2D eigenvalue weighted by Crippen LogP contribution is -2.14. The zero-order valence-corrected chi connectivity index (χ0v) is 11.1. The molecule has 18 heavy (non-hydrogen) atoms. The molecule has 1 amide bonds. The molecule has 0 spiro atoms. The molecule has 0 heterocycles. The van der Waals surface area contributed by atoms with Crippen molar-refractivity contribution in [2.24, 2.45) is 5.73 Å². The second-order valence-corrected chi connectivity index (χ2v) is 4.11. The molecule has 0 saturated heterocycles. The third-order valence-corrected chi connectivity index (χ3v) is 2.74. The Morgan fingerprint density at radius 1 is 1.33 bits per heavy atom. The maximum Gasteiger partial charge on any atom is 0.252 e. The summed E-state index contributed by atoms with van der Waals surface area (Å²) in [5.74, 6) is -0.451. The monoisotopic (exact) mass is 247 g/mol. The molecular formula is C15H21NO2. The van der Waals surface area contributed by atoms with Crippen molar-refractivity contribution in [1.29, 1.82) is 0 Å². The van der Waals surface area contributed by atoms with Crippen LogP contribution in [0.3, 0.4) is 0 Å². The van der Waals surface area contributed by atoms with E-state index in [1.54, 1.807) is 0 Å². The van der Waals surface area contributed by atoms with Gasteiger partial charge in [0.25, 0.3) is 5.91 Å². The summed E-state index contributed by atoms with van der Waals surface area (Å²) >= 11 is 0. The Morgan fingerprint density at radius 2 is 2.06 bits per heavy atom. The Hall–Kier alpha value is -1.77. The second-order valence-electron chi connectivity index (χ2n) is 4.11. The number of hydrogen-bond acceptors (Lipinski definition) is 2. The van der Waals surface area contributed by atoms with Gasteiger partial charge in [0.15, 0.2) is 0 Å². The molecule has 0 radical (unpaired) electrons. The van der Waals surface area contributed by atoms with Crippen molar-refractivity contribution in [3.8, 4) is 0 Å². The van der Waals surface area contributed by atoms with E-state index in [0.717, 1.165) is 30.4 Å². The van der Waals surface area contributed by atoms with Gasteiger partial charge in [0.1, 0.15) is 0 Å². The Labute approximate surface area is 109 Å². The summed E-state index contributed by atoms with van der Waals surface area (Å²) < 4.78 is 5.21. The topological polar surface area (TPSA) is 52.3 Å². The van der Waals surface area contributed by atoms with Crippen LogP contribution in [0, 0.1) is 0 Å². The Balaban J connectivity index is 3.07. The number of carbonyl (C=O) groups is 1. The van der Waals surface area contributed by atoms with Gasteiger partial charge < -0.3 is 10.5 Å². The second kappa shape index (κ2) is 7.54. The number of carbonyl (C=O) groups excluding carboxylic acids is 1. The van der Waals surface area contributed by atoms with Gasteiger partial charge in [-0.1, -0.05) is 37.6 Å². The number of unbranched alkanes of at least 4 members (excludes halogenated alkanes) is 1. The molecule has 0 fully saturated rings. The highest BCUT2D eigenvalue weighted by Gasteiger charge is 2.12. The van der Waals surface area contributed by atoms with E-state index in [2.05, 4.69) is 6.92 Å². The SMILES string of the molecule is CCCCc1ccccc1/C(=C\OCC)C(N)=O. The van der Waals surface area contributed by atoms with Crippen LogP contribution in [0.5, 0.6) is 0 Å². The number of benzene rings is 1. The van der Waals surface area contributed by atoms with Crippen LogP contribution in [0.2, 0.25) is 0 Å². The molecule has 0 saturated carbocycles. The van der Waals surface area contributed by atoms with Gasteiger partial charge in [0, 0.05) is 0 Å². The van der Waals surface area contributed by atoms with Crippen molar-refractivity contribution < 1.29 is 9.53 Å². The first-order valence-corrected chi connectivity index (χ1v) is 6.40. The fraction of sp³-hybridized carbons (Fsp3) is 0.400. The van der Waals surface area contributed by atoms with E-state index in [1.165, 1.54) is 6.26 Å². The number of rotatable bonds is 7. The Morgan fingerprint density at radius 3 is 2.67 bits per heavy atom. The standard InChI is InChI=1S/C15H21NO2/c1-3-5-8-12-9-6-7-10-13(12)14(15(16)17)11-18-4-2/h6-7,9-11H,3-5,8H2,1-2H3,(H2,16,17)/b14-11+.